The molecule has 1 saturated heterocycles. The molecule has 1 atom stereocenters. The standard InChI is InChI=1S/C19H18ClN3O3S/c20-14-8-4-3-7-13(14)19(18(25)21-26-19)16-12(6-2-1-5-11-24)9-10-15-17(16)23-27-22-15/h3-4,7-11,22-23H,1-2,5-6H2,(H,21,25). The second-order valence-electron chi connectivity index (χ2n) is 6.44. The van der Waals surface area contributed by atoms with E-state index in [-0.39, 0.29) is 5.91 Å². The summed E-state index contributed by atoms with van der Waals surface area (Å²) in [5.41, 5.74) is 5.19. The Balaban J connectivity index is 1.85. The maximum Gasteiger partial charge on any atom is 0.288 e. The highest BCUT2D eigenvalue weighted by atomic mass is 35.5. The van der Waals surface area contributed by atoms with E-state index in [0.717, 1.165) is 48.1 Å². The second kappa shape index (κ2) is 7.42. The van der Waals surface area contributed by atoms with Gasteiger partial charge in [-0.2, -0.15) is 0 Å². The Bertz CT molecular complexity index is 908. The molecule has 2 aromatic carbocycles. The number of benzene rings is 2. The number of aldehydes is 1. The summed E-state index contributed by atoms with van der Waals surface area (Å²) in [5.74, 6) is -0.253. The van der Waals surface area contributed by atoms with Gasteiger partial charge in [0, 0.05) is 22.6 Å². The number of anilines is 2. The van der Waals surface area contributed by atoms with Gasteiger partial charge in [-0.05, 0) is 37.0 Å². The van der Waals surface area contributed by atoms with Gasteiger partial charge in [-0.1, -0.05) is 35.9 Å². The zero-order valence-electron chi connectivity index (χ0n) is 14.4. The summed E-state index contributed by atoms with van der Waals surface area (Å²) < 4.78 is 6.42. The first-order valence-electron chi connectivity index (χ1n) is 8.70. The van der Waals surface area contributed by atoms with E-state index in [0.29, 0.717) is 17.0 Å². The number of hydroxylamine groups is 1. The van der Waals surface area contributed by atoms with Crippen LogP contribution < -0.4 is 14.9 Å². The molecule has 1 amide bonds. The van der Waals surface area contributed by atoms with Crippen molar-refractivity contribution in [1.29, 1.82) is 0 Å². The quantitative estimate of drug-likeness (QED) is 0.369. The Morgan fingerprint density at radius 3 is 2.70 bits per heavy atom. The summed E-state index contributed by atoms with van der Waals surface area (Å²) >= 11 is 7.79. The number of halogens is 1. The van der Waals surface area contributed by atoms with E-state index in [4.69, 9.17) is 16.4 Å². The fourth-order valence-electron chi connectivity index (χ4n) is 3.54. The fraction of sp³-hybridized carbons (Fsp3) is 0.263. The van der Waals surface area contributed by atoms with Crippen molar-refractivity contribution in [3.8, 4) is 0 Å². The Kier molecular flexibility index (Phi) is 4.99. The van der Waals surface area contributed by atoms with Crippen molar-refractivity contribution in [2.75, 3.05) is 9.44 Å². The Morgan fingerprint density at radius 1 is 1.15 bits per heavy atom. The van der Waals surface area contributed by atoms with E-state index in [1.807, 2.05) is 30.3 Å². The molecule has 0 saturated carbocycles. The number of amides is 1. The zero-order chi connectivity index (χ0) is 18.9. The molecule has 6 nitrogen and oxygen atoms in total. The second-order valence-corrected chi connectivity index (χ2v) is 7.45. The lowest BCUT2D eigenvalue weighted by Gasteiger charge is -2.42. The number of carbonyl (C=O) groups excluding carboxylic acids is 2. The number of nitrogens with one attached hydrogen (secondary N) is 3. The molecule has 2 heterocycles. The van der Waals surface area contributed by atoms with Gasteiger partial charge in [0.1, 0.15) is 6.29 Å². The van der Waals surface area contributed by atoms with Crippen LogP contribution >= 0.6 is 23.7 Å². The van der Waals surface area contributed by atoms with Gasteiger partial charge in [0.2, 0.25) is 5.60 Å². The van der Waals surface area contributed by atoms with Gasteiger partial charge in [-0.3, -0.25) is 4.79 Å². The number of aryl methyl sites for hydroxylation is 1. The number of hydrogen-bond donors (Lipinski definition) is 3. The maximum absolute atomic E-state index is 12.8. The summed E-state index contributed by atoms with van der Waals surface area (Å²) in [4.78, 5) is 29.2. The monoisotopic (exact) mass is 403 g/mol. The van der Waals surface area contributed by atoms with E-state index in [1.54, 1.807) is 6.07 Å². The molecule has 0 radical (unpaired) electrons. The zero-order valence-corrected chi connectivity index (χ0v) is 16.0. The molecule has 0 aliphatic carbocycles. The van der Waals surface area contributed by atoms with E-state index < -0.39 is 5.60 Å². The molecular formula is C19H18ClN3O3S. The van der Waals surface area contributed by atoms with Crippen LogP contribution in [0.5, 0.6) is 0 Å². The van der Waals surface area contributed by atoms with Crippen LogP contribution in [0.3, 0.4) is 0 Å². The van der Waals surface area contributed by atoms with E-state index in [2.05, 4.69) is 14.9 Å². The minimum Gasteiger partial charge on any atom is -0.310 e. The van der Waals surface area contributed by atoms with Crippen LogP contribution in [0.2, 0.25) is 5.02 Å². The van der Waals surface area contributed by atoms with Crippen LogP contribution in [0.25, 0.3) is 0 Å². The summed E-state index contributed by atoms with van der Waals surface area (Å²) in [6.07, 6.45) is 3.82. The third-order valence-electron chi connectivity index (χ3n) is 4.85. The maximum atomic E-state index is 12.8. The van der Waals surface area contributed by atoms with Gasteiger partial charge in [-0.15, -0.1) is 0 Å². The molecule has 27 heavy (non-hydrogen) atoms. The van der Waals surface area contributed by atoms with E-state index in [9.17, 15) is 9.59 Å². The van der Waals surface area contributed by atoms with Gasteiger partial charge in [0.25, 0.3) is 5.91 Å². The van der Waals surface area contributed by atoms with Crippen LogP contribution in [0.4, 0.5) is 11.4 Å². The molecule has 2 aliphatic rings. The minimum absolute atomic E-state index is 0.253. The number of unbranched alkanes of at least 4 members (excludes halogenated alkanes) is 2. The minimum atomic E-state index is -1.30. The lowest BCUT2D eigenvalue weighted by atomic mass is 9.79. The van der Waals surface area contributed by atoms with E-state index >= 15 is 0 Å². The van der Waals surface area contributed by atoms with Gasteiger partial charge in [0.05, 0.1) is 23.5 Å². The highest BCUT2D eigenvalue weighted by Crippen LogP contribution is 2.50. The highest BCUT2D eigenvalue weighted by Gasteiger charge is 2.56. The SMILES string of the molecule is O=CCCCCc1ccc2c(c1C1(c3ccccc3Cl)ONC1=O)NSN2. The summed E-state index contributed by atoms with van der Waals surface area (Å²) in [6.45, 7) is 0. The van der Waals surface area contributed by atoms with Crippen molar-refractivity contribution >= 4 is 47.3 Å². The van der Waals surface area contributed by atoms with Crippen molar-refractivity contribution in [2.24, 2.45) is 0 Å². The molecule has 1 unspecified atom stereocenters. The Hall–Kier alpha value is -2.22. The number of hydrogen-bond acceptors (Lipinski definition) is 6. The molecule has 0 bridgehead atoms. The molecule has 4 rings (SSSR count). The van der Waals surface area contributed by atoms with E-state index in [1.165, 1.54) is 12.1 Å². The first-order chi connectivity index (χ1) is 13.2. The van der Waals surface area contributed by atoms with Crippen LogP contribution in [0.1, 0.15) is 36.0 Å². The number of rotatable bonds is 7. The average molecular weight is 404 g/mol. The average Bonchev–Trinajstić information content (AvgIpc) is 3.15. The van der Waals surface area contributed by atoms with Gasteiger partial charge < -0.3 is 14.2 Å². The lowest BCUT2D eigenvalue weighted by molar-refractivity contribution is -0.204. The molecule has 0 spiro atoms. The molecular weight excluding hydrogens is 386 g/mol. The van der Waals surface area contributed by atoms with Crippen molar-refractivity contribution in [3.05, 3.63) is 58.1 Å². The fourth-order valence-corrected chi connectivity index (χ4v) is 4.45. The predicted octanol–water partition coefficient (Wildman–Crippen LogP) is 3.96. The summed E-state index contributed by atoms with van der Waals surface area (Å²) in [6, 6.07) is 11.2. The van der Waals surface area contributed by atoms with Crippen LogP contribution in [0.15, 0.2) is 36.4 Å². The summed E-state index contributed by atoms with van der Waals surface area (Å²) in [7, 11) is 0. The first-order valence-corrected chi connectivity index (χ1v) is 9.89. The Morgan fingerprint density at radius 2 is 2.00 bits per heavy atom. The van der Waals surface area contributed by atoms with Crippen molar-refractivity contribution in [1.82, 2.24) is 5.48 Å². The smallest absolute Gasteiger partial charge is 0.288 e. The molecule has 3 N–H and O–H groups in total. The lowest BCUT2D eigenvalue weighted by Crippen LogP contribution is -2.61. The molecule has 2 aromatic rings. The third kappa shape index (κ3) is 2.96. The molecule has 140 valence electrons. The van der Waals surface area contributed by atoms with Crippen LogP contribution in [0, 0.1) is 0 Å². The normalized spacial score (nSPS) is 20.1. The highest BCUT2D eigenvalue weighted by molar-refractivity contribution is 8.02. The molecule has 1 fully saturated rings. The first kappa shape index (κ1) is 18.2. The van der Waals surface area contributed by atoms with Crippen molar-refractivity contribution in [3.63, 3.8) is 0 Å². The number of carbonyl (C=O) groups is 2. The Labute approximate surface area is 166 Å². The molecule has 8 heteroatoms. The molecule has 0 aromatic heterocycles. The van der Waals surface area contributed by atoms with Crippen molar-refractivity contribution in [2.45, 2.75) is 31.3 Å². The largest absolute Gasteiger partial charge is 0.310 e. The van der Waals surface area contributed by atoms with Crippen LogP contribution in [-0.4, -0.2) is 12.2 Å². The van der Waals surface area contributed by atoms with Crippen LogP contribution in [-0.2, 0) is 26.4 Å². The number of fused-ring (bicyclic) bond motifs is 1. The van der Waals surface area contributed by atoms with Gasteiger partial charge in [0.15, 0.2) is 0 Å². The van der Waals surface area contributed by atoms with Crippen molar-refractivity contribution < 1.29 is 14.4 Å². The third-order valence-corrected chi connectivity index (χ3v) is 5.80. The molecule has 2 aliphatic heterocycles. The topological polar surface area (TPSA) is 79.5 Å². The van der Waals surface area contributed by atoms with Gasteiger partial charge >= 0.3 is 0 Å². The summed E-state index contributed by atoms with van der Waals surface area (Å²) in [5, 5.41) is 0.468. The van der Waals surface area contributed by atoms with Gasteiger partial charge in [-0.25, -0.2) is 10.3 Å². The predicted molar refractivity (Wildman–Crippen MR) is 106 cm³/mol.